The van der Waals surface area contributed by atoms with Crippen molar-refractivity contribution in [2.45, 2.75) is 83.8 Å². The minimum absolute atomic E-state index is 0.0519. The highest BCUT2D eigenvalue weighted by atomic mass is 16.3. The molecule has 1 aromatic rings. The molecule has 4 rings (SSSR count). The van der Waals surface area contributed by atoms with Gasteiger partial charge in [0, 0.05) is 31.1 Å². The van der Waals surface area contributed by atoms with Gasteiger partial charge in [0.05, 0.1) is 17.2 Å². The summed E-state index contributed by atoms with van der Waals surface area (Å²) in [7, 11) is 0. The van der Waals surface area contributed by atoms with Gasteiger partial charge in [0.15, 0.2) is 0 Å². The van der Waals surface area contributed by atoms with E-state index in [1.165, 1.54) is 0 Å². The summed E-state index contributed by atoms with van der Waals surface area (Å²) >= 11 is 0. The fourth-order valence-electron chi connectivity index (χ4n) is 6.83. The zero-order valence-electron chi connectivity index (χ0n) is 20.2. The van der Waals surface area contributed by atoms with E-state index in [9.17, 15) is 14.7 Å². The van der Waals surface area contributed by atoms with Crippen molar-refractivity contribution in [2.24, 2.45) is 16.7 Å². The van der Waals surface area contributed by atoms with E-state index in [1.54, 1.807) is 24.3 Å². The lowest BCUT2D eigenvalue weighted by molar-refractivity contribution is -0.132. The summed E-state index contributed by atoms with van der Waals surface area (Å²) < 4.78 is 0. The van der Waals surface area contributed by atoms with Crippen LogP contribution in [0.2, 0.25) is 0 Å². The standard InChI is InChI=1S/C27H37N3O3/c1-25(2)17-22(29-24(32)20-8-6-19(18-28)7-9-20)27(13-12-26(3,33)16-21(25)27)11-10-23(31)30-14-4-5-15-30/h6-9,21-22,33H,4-5,10-17H2,1-3H3,(H,29,32)/t21-,22-,26-,27-/m0/s1. The first kappa shape index (κ1) is 23.8. The molecule has 178 valence electrons. The van der Waals surface area contributed by atoms with Crippen molar-refractivity contribution in [3.8, 4) is 6.07 Å². The van der Waals surface area contributed by atoms with Crippen molar-refractivity contribution in [3.05, 3.63) is 35.4 Å². The number of hydrogen-bond acceptors (Lipinski definition) is 4. The van der Waals surface area contributed by atoms with Crippen molar-refractivity contribution in [1.29, 1.82) is 5.26 Å². The fraction of sp³-hybridized carbons (Fsp3) is 0.667. The molecular weight excluding hydrogens is 414 g/mol. The quantitative estimate of drug-likeness (QED) is 0.707. The molecule has 4 atom stereocenters. The Bertz CT molecular complexity index is 940. The molecule has 3 fully saturated rings. The molecule has 6 nitrogen and oxygen atoms in total. The van der Waals surface area contributed by atoms with Crippen molar-refractivity contribution >= 4 is 11.8 Å². The number of amides is 2. The molecule has 2 saturated carbocycles. The average molecular weight is 452 g/mol. The van der Waals surface area contributed by atoms with E-state index >= 15 is 0 Å². The van der Waals surface area contributed by atoms with Crippen LogP contribution in [0.4, 0.5) is 0 Å². The lowest BCUT2D eigenvalue weighted by Gasteiger charge is -2.51. The lowest BCUT2D eigenvalue weighted by Crippen LogP contribution is -2.52. The molecule has 0 spiro atoms. The normalized spacial score (nSPS) is 32.8. The van der Waals surface area contributed by atoms with Crippen LogP contribution in [0.3, 0.4) is 0 Å². The van der Waals surface area contributed by atoms with Crippen LogP contribution in [0.15, 0.2) is 24.3 Å². The Morgan fingerprint density at radius 2 is 1.79 bits per heavy atom. The molecule has 1 heterocycles. The summed E-state index contributed by atoms with van der Waals surface area (Å²) in [6.45, 7) is 8.11. The molecule has 2 N–H and O–H groups in total. The molecule has 2 amide bonds. The van der Waals surface area contributed by atoms with Gasteiger partial charge in [-0.05, 0) is 92.9 Å². The molecule has 0 bridgehead atoms. The van der Waals surface area contributed by atoms with Crippen LogP contribution in [0.25, 0.3) is 0 Å². The lowest BCUT2D eigenvalue weighted by atomic mass is 9.57. The Balaban J connectivity index is 1.58. The molecule has 0 radical (unpaired) electrons. The molecule has 0 unspecified atom stereocenters. The van der Waals surface area contributed by atoms with Crippen molar-refractivity contribution in [2.75, 3.05) is 13.1 Å². The summed E-state index contributed by atoms with van der Waals surface area (Å²) in [5.41, 5.74) is 0.102. The van der Waals surface area contributed by atoms with Gasteiger partial charge in [-0.2, -0.15) is 5.26 Å². The second-order valence-corrected chi connectivity index (χ2v) is 11.5. The largest absolute Gasteiger partial charge is 0.390 e. The summed E-state index contributed by atoms with van der Waals surface area (Å²) in [6.07, 6.45) is 6.41. The summed E-state index contributed by atoms with van der Waals surface area (Å²) in [6, 6.07) is 8.76. The predicted molar refractivity (Wildman–Crippen MR) is 126 cm³/mol. The van der Waals surface area contributed by atoms with E-state index in [0.717, 1.165) is 45.2 Å². The van der Waals surface area contributed by atoms with E-state index < -0.39 is 5.60 Å². The molecule has 1 saturated heterocycles. The number of rotatable bonds is 5. The number of fused-ring (bicyclic) bond motifs is 1. The van der Waals surface area contributed by atoms with Crippen molar-refractivity contribution in [3.63, 3.8) is 0 Å². The fourth-order valence-corrected chi connectivity index (χ4v) is 6.83. The molecule has 33 heavy (non-hydrogen) atoms. The summed E-state index contributed by atoms with van der Waals surface area (Å²) in [4.78, 5) is 28.1. The number of nitrogens with one attached hydrogen (secondary N) is 1. The number of benzene rings is 1. The summed E-state index contributed by atoms with van der Waals surface area (Å²) in [5.74, 6) is 0.315. The van der Waals surface area contributed by atoms with E-state index in [1.807, 2.05) is 11.8 Å². The van der Waals surface area contributed by atoms with Crippen molar-refractivity contribution < 1.29 is 14.7 Å². The minimum atomic E-state index is -0.712. The molecule has 3 aliphatic rings. The van der Waals surface area contributed by atoms with Gasteiger partial charge in [-0.3, -0.25) is 9.59 Å². The van der Waals surface area contributed by atoms with Gasteiger partial charge < -0.3 is 15.3 Å². The Morgan fingerprint density at radius 1 is 1.12 bits per heavy atom. The third-order valence-electron chi connectivity index (χ3n) is 8.68. The van der Waals surface area contributed by atoms with Crippen LogP contribution in [0.5, 0.6) is 0 Å². The first-order valence-electron chi connectivity index (χ1n) is 12.4. The van der Waals surface area contributed by atoms with Crippen LogP contribution in [-0.2, 0) is 4.79 Å². The van der Waals surface area contributed by atoms with Gasteiger partial charge in [-0.15, -0.1) is 0 Å². The second kappa shape index (κ2) is 8.76. The third-order valence-corrected chi connectivity index (χ3v) is 8.68. The number of carbonyl (C=O) groups excluding carboxylic acids is 2. The van der Waals surface area contributed by atoms with Crippen LogP contribution in [0, 0.1) is 28.1 Å². The van der Waals surface area contributed by atoms with Crippen LogP contribution < -0.4 is 5.32 Å². The van der Waals surface area contributed by atoms with Crippen LogP contribution in [-0.4, -0.2) is 46.6 Å². The van der Waals surface area contributed by atoms with Gasteiger partial charge in [0.2, 0.25) is 5.91 Å². The average Bonchev–Trinajstić information content (AvgIpc) is 3.38. The predicted octanol–water partition coefficient (Wildman–Crippen LogP) is 4.03. The first-order chi connectivity index (χ1) is 15.6. The molecule has 0 aromatic heterocycles. The number of hydrogen-bond donors (Lipinski definition) is 2. The number of nitriles is 1. The maximum Gasteiger partial charge on any atom is 0.251 e. The van der Waals surface area contributed by atoms with E-state index in [0.29, 0.717) is 30.4 Å². The minimum Gasteiger partial charge on any atom is -0.390 e. The Hall–Kier alpha value is -2.39. The van der Waals surface area contributed by atoms with Gasteiger partial charge in [-0.1, -0.05) is 13.8 Å². The van der Waals surface area contributed by atoms with E-state index in [4.69, 9.17) is 5.26 Å². The van der Waals surface area contributed by atoms with Crippen molar-refractivity contribution in [1.82, 2.24) is 10.2 Å². The highest BCUT2D eigenvalue weighted by Gasteiger charge is 2.61. The second-order valence-electron chi connectivity index (χ2n) is 11.5. The Labute approximate surface area is 197 Å². The molecule has 1 aliphatic heterocycles. The zero-order chi connectivity index (χ0) is 23.9. The molecule has 2 aliphatic carbocycles. The van der Waals surface area contributed by atoms with E-state index in [-0.39, 0.29) is 34.6 Å². The molecule has 6 heteroatoms. The Morgan fingerprint density at radius 3 is 2.42 bits per heavy atom. The van der Waals surface area contributed by atoms with Crippen LogP contribution in [0.1, 0.15) is 88.1 Å². The maximum absolute atomic E-state index is 13.2. The highest BCUT2D eigenvalue weighted by molar-refractivity contribution is 5.94. The van der Waals surface area contributed by atoms with Gasteiger partial charge >= 0.3 is 0 Å². The number of carbonyl (C=O) groups is 2. The number of nitrogens with zero attached hydrogens (tertiary/aromatic N) is 2. The first-order valence-corrected chi connectivity index (χ1v) is 12.4. The Kier molecular flexibility index (Phi) is 6.30. The maximum atomic E-state index is 13.2. The number of aliphatic hydroxyl groups is 1. The van der Waals surface area contributed by atoms with Gasteiger partial charge in [0.25, 0.3) is 5.91 Å². The van der Waals surface area contributed by atoms with E-state index in [2.05, 4.69) is 25.2 Å². The number of likely N-dealkylation sites (tertiary alicyclic amines) is 1. The molecule has 1 aromatic carbocycles. The topological polar surface area (TPSA) is 93.4 Å². The van der Waals surface area contributed by atoms with Gasteiger partial charge in [0.1, 0.15) is 0 Å². The third kappa shape index (κ3) is 4.66. The van der Waals surface area contributed by atoms with Crippen LogP contribution >= 0.6 is 0 Å². The highest BCUT2D eigenvalue weighted by Crippen LogP contribution is 2.63. The molecular formula is C27H37N3O3. The monoisotopic (exact) mass is 451 g/mol. The SMILES string of the molecule is CC1(C)C[C@H](NC(=O)c2ccc(C#N)cc2)[C@@]2(CCC(=O)N3CCCC3)CC[C@](C)(O)C[C@@H]12. The van der Waals surface area contributed by atoms with Gasteiger partial charge in [-0.25, -0.2) is 0 Å². The smallest absolute Gasteiger partial charge is 0.251 e. The zero-order valence-corrected chi connectivity index (χ0v) is 20.2. The summed E-state index contributed by atoms with van der Waals surface area (Å²) in [5, 5.41) is 23.3.